The van der Waals surface area contributed by atoms with Crippen LogP contribution in [0.1, 0.15) is 67.6 Å². The number of nitrogens with zero attached hydrogens (tertiary/aromatic N) is 1. The van der Waals surface area contributed by atoms with Crippen molar-refractivity contribution in [2.45, 2.75) is 64.5 Å². The SMILES string of the molecule is C[C@H]1C[C@H]1c1ccc(CCC(=O)NCc2ccccc2CN2CCCCC2)o1. The molecule has 0 unspecified atom stereocenters. The van der Waals surface area contributed by atoms with Gasteiger partial charge in [0.1, 0.15) is 11.5 Å². The Morgan fingerprint density at radius 3 is 2.61 bits per heavy atom. The van der Waals surface area contributed by atoms with Crippen molar-refractivity contribution < 1.29 is 9.21 Å². The number of furan rings is 1. The van der Waals surface area contributed by atoms with E-state index in [9.17, 15) is 4.79 Å². The number of nitrogens with one attached hydrogen (secondary N) is 1. The first-order valence-corrected chi connectivity index (χ1v) is 10.8. The number of hydrogen-bond donors (Lipinski definition) is 1. The lowest BCUT2D eigenvalue weighted by atomic mass is 10.0. The van der Waals surface area contributed by atoms with Crippen LogP contribution in [0.25, 0.3) is 0 Å². The molecule has 2 aliphatic rings. The third kappa shape index (κ3) is 5.05. The molecule has 4 heteroatoms. The molecule has 0 spiro atoms. The Labute approximate surface area is 168 Å². The van der Waals surface area contributed by atoms with Gasteiger partial charge in [0.25, 0.3) is 0 Å². The van der Waals surface area contributed by atoms with Crippen molar-refractivity contribution in [2.24, 2.45) is 5.92 Å². The van der Waals surface area contributed by atoms with Crippen LogP contribution < -0.4 is 5.32 Å². The minimum atomic E-state index is 0.0884. The summed E-state index contributed by atoms with van der Waals surface area (Å²) in [6.07, 6.45) is 6.32. The van der Waals surface area contributed by atoms with E-state index in [1.807, 2.05) is 6.07 Å². The summed E-state index contributed by atoms with van der Waals surface area (Å²) in [5, 5.41) is 3.10. The zero-order chi connectivity index (χ0) is 19.3. The first kappa shape index (κ1) is 19.3. The molecule has 2 aromatic rings. The van der Waals surface area contributed by atoms with E-state index in [1.54, 1.807) is 0 Å². The Morgan fingerprint density at radius 2 is 1.86 bits per heavy atom. The molecular weight excluding hydrogens is 348 g/mol. The minimum absolute atomic E-state index is 0.0884. The van der Waals surface area contributed by atoms with Crippen LogP contribution in [0.3, 0.4) is 0 Å². The Kier molecular flexibility index (Phi) is 6.16. The molecule has 1 aromatic heterocycles. The molecule has 2 fully saturated rings. The Balaban J connectivity index is 1.24. The molecule has 1 N–H and O–H groups in total. The standard InChI is InChI=1S/C24H32N2O2/c1-18-15-22(18)23-11-9-21(28-23)10-12-24(27)25-16-19-7-3-4-8-20(19)17-26-13-5-2-6-14-26/h3-4,7-9,11,18,22H,2,5-6,10,12-17H2,1H3,(H,25,27)/t18-,22+/m0/s1. The van der Waals surface area contributed by atoms with Gasteiger partial charge in [0.2, 0.25) is 5.91 Å². The third-order valence-corrected chi connectivity index (χ3v) is 6.19. The molecule has 1 aliphatic carbocycles. The molecule has 1 amide bonds. The van der Waals surface area contributed by atoms with Crippen molar-refractivity contribution in [3.63, 3.8) is 0 Å². The van der Waals surface area contributed by atoms with Gasteiger partial charge in [0, 0.05) is 31.8 Å². The molecule has 4 nitrogen and oxygen atoms in total. The number of carbonyl (C=O) groups excluding carboxylic acids is 1. The maximum absolute atomic E-state index is 12.3. The number of benzene rings is 1. The minimum Gasteiger partial charge on any atom is -0.466 e. The molecule has 2 atom stereocenters. The highest BCUT2D eigenvalue weighted by Crippen LogP contribution is 2.47. The van der Waals surface area contributed by atoms with Crippen LogP contribution in [0, 0.1) is 5.92 Å². The summed E-state index contributed by atoms with van der Waals surface area (Å²) in [7, 11) is 0. The highest BCUT2D eigenvalue weighted by Gasteiger charge is 2.36. The Hall–Kier alpha value is -2.07. The zero-order valence-electron chi connectivity index (χ0n) is 17.0. The molecule has 150 valence electrons. The Bertz CT molecular complexity index is 791. The van der Waals surface area contributed by atoms with Crippen LogP contribution in [0.15, 0.2) is 40.8 Å². The molecule has 1 saturated carbocycles. The lowest BCUT2D eigenvalue weighted by Gasteiger charge is -2.27. The maximum atomic E-state index is 12.3. The van der Waals surface area contributed by atoms with Crippen molar-refractivity contribution in [2.75, 3.05) is 13.1 Å². The summed E-state index contributed by atoms with van der Waals surface area (Å²) in [5.74, 6) is 3.45. The van der Waals surface area contributed by atoms with Gasteiger partial charge in [-0.25, -0.2) is 0 Å². The van der Waals surface area contributed by atoms with Crippen molar-refractivity contribution in [3.8, 4) is 0 Å². The quantitative estimate of drug-likeness (QED) is 0.726. The molecule has 0 radical (unpaired) electrons. The van der Waals surface area contributed by atoms with Gasteiger partial charge in [-0.05, 0) is 61.5 Å². The van der Waals surface area contributed by atoms with E-state index in [2.05, 4.69) is 47.5 Å². The summed E-state index contributed by atoms with van der Waals surface area (Å²) in [6, 6.07) is 12.6. The average molecular weight is 381 g/mol. The van der Waals surface area contributed by atoms with Crippen molar-refractivity contribution in [3.05, 3.63) is 59.0 Å². The monoisotopic (exact) mass is 380 g/mol. The topological polar surface area (TPSA) is 45.5 Å². The van der Waals surface area contributed by atoms with Crippen molar-refractivity contribution in [1.29, 1.82) is 0 Å². The Morgan fingerprint density at radius 1 is 1.11 bits per heavy atom. The van der Waals surface area contributed by atoms with Crippen LogP contribution in [0.5, 0.6) is 0 Å². The molecule has 28 heavy (non-hydrogen) atoms. The number of piperidine rings is 1. The van der Waals surface area contributed by atoms with E-state index in [4.69, 9.17) is 4.42 Å². The second-order valence-corrected chi connectivity index (χ2v) is 8.51. The fourth-order valence-corrected chi connectivity index (χ4v) is 4.21. The largest absolute Gasteiger partial charge is 0.466 e. The van der Waals surface area contributed by atoms with Crippen LogP contribution in [-0.4, -0.2) is 23.9 Å². The van der Waals surface area contributed by atoms with Gasteiger partial charge in [0.15, 0.2) is 0 Å². The fraction of sp³-hybridized carbons (Fsp3) is 0.542. The summed E-state index contributed by atoms with van der Waals surface area (Å²) < 4.78 is 5.91. The van der Waals surface area contributed by atoms with Gasteiger partial charge in [-0.2, -0.15) is 0 Å². The lowest BCUT2D eigenvalue weighted by Crippen LogP contribution is -2.30. The van der Waals surface area contributed by atoms with E-state index in [0.717, 1.165) is 24.0 Å². The lowest BCUT2D eigenvalue weighted by molar-refractivity contribution is -0.121. The first-order chi connectivity index (χ1) is 13.7. The van der Waals surface area contributed by atoms with Crippen LogP contribution >= 0.6 is 0 Å². The summed E-state index contributed by atoms with van der Waals surface area (Å²) in [5.41, 5.74) is 2.56. The molecule has 0 bridgehead atoms. The fourth-order valence-electron chi connectivity index (χ4n) is 4.21. The van der Waals surface area contributed by atoms with E-state index in [1.165, 1.54) is 49.9 Å². The van der Waals surface area contributed by atoms with E-state index in [0.29, 0.717) is 25.3 Å². The van der Waals surface area contributed by atoms with E-state index < -0.39 is 0 Å². The van der Waals surface area contributed by atoms with Gasteiger partial charge in [-0.3, -0.25) is 9.69 Å². The zero-order valence-corrected chi connectivity index (χ0v) is 17.0. The molecule has 4 rings (SSSR count). The molecule has 1 aliphatic heterocycles. The molecular formula is C24H32N2O2. The van der Waals surface area contributed by atoms with Gasteiger partial charge in [-0.1, -0.05) is 37.6 Å². The predicted octanol–water partition coefficient (Wildman–Crippen LogP) is 4.64. The summed E-state index contributed by atoms with van der Waals surface area (Å²) >= 11 is 0. The maximum Gasteiger partial charge on any atom is 0.220 e. The number of aryl methyl sites for hydroxylation is 1. The number of hydrogen-bond acceptors (Lipinski definition) is 3. The van der Waals surface area contributed by atoms with Gasteiger partial charge >= 0.3 is 0 Å². The van der Waals surface area contributed by atoms with Crippen molar-refractivity contribution >= 4 is 5.91 Å². The summed E-state index contributed by atoms with van der Waals surface area (Å²) in [6.45, 7) is 6.22. The summed E-state index contributed by atoms with van der Waals surface area (Å²) in [4.78, 5) is 14.9. The highest BCUT2D eigenvalue weighted by molar-refractivity contribution is 5.76. The number of rotatable bonds is 8. The highest BCUT2D eigenvalue weighted by atomic mass is 16.3. The average Bonchev–Trinajstić information content (AvgIpc) is 3.26. The second kappa shape index (κ2) is 8.95. The number of carbonyl (C=O) groups is 1. The van der Waals surface area contributed by atoms with Gasteiger partial charge < -0.3 is 9.73 Å². The van der Waals surface area contributed by atoms with E-state index in [-0.39, 0.29) is 5.91 Å². The number of likely N-dealkylation sites (tertiary alicyclic amines) is 1. The van der Waals surface area contributed by atoms with Crippen molar-refractivity contribution in [1.82, 2.24) is 10.2 Å². The molecule has 1 saturated heterocycles. The molecule has 2 heterocycles. The van der Waals surface area contributed by atoms with E-state index >= 15 is 0 Å². The third-order valence-electron chi connectivity index (χ3n) is 6.19. The van der Waals surface area contributed by atoms with Gasteiger partial charge in [-0.15, -0.1) is 0 Å². The first-order valence-electron chi connectivity index (χ1n) is 10.8. The number of amides is 1. The second-order valence-electron chi connectivity index (χ2n) is 8.51. The smallest absolute Gasteiger partial charge is 0.220 e. The van der Waals surface area contributed by atoms with Gasteiger partial charge in [0.05, 0.1) is 0 Å². The van der Waals surface area contributed by atoms with Crippen LogP contribution in [0.2, 0.25) is 0 Å². The molecule has 1 aromatic carbocycles. The van der Waals surface area contributed by atoms with Crippen LogP contribution in [-0.2, 0) is 24.3 Å². The van der Waals surface area contributed by atoms with Crippen LogP contribution in [0.4, 0.5) is 0 Å². The predicted molar refractivity (Wildman–Crippen MR) is 111 cm³/mol. The normalized spacial score (nSPS) is 22.2.